The summed E-state index contributed by atoms with van der Waals surface area (Å²) in [6.45, 7) is 1.91. The zero-order chi connectivity index (χ0) is 12.2. The fourth-order valence-corrected chi connectivity index (χ4v) is 2.51. The minimum absolute atomic E-state index is 0.295. The average molecular weight is 226 g/mol. The van der Waals surface area contributed by atoms with Crippen molar-refractivity contribution in [3.8, 4) is 5.75 Å². The van der Waals surface area contributed by atoms with Crippen molar-refractivity contribution in [1.29, 1.82) is 0 Å². The maximum atomic E-state index is 10.1. The highest BCUT2D eigenvalue weighted by atomic mass is 16.3. The summed E-state index contributed by atoms with van der Waals surface area (Å²) in [7, 11) is 1.97. The van der Waals surface area contributed by atoms with Crippen molar-refractivity contribution in [3.63, 3.8) is 0 Å². The van der Waals surface area contributed by atoms with Gasteiger partial charge in [-0.3, -0.25) is 0 Å². The SMILES string of the molecule is Cc1cc(O)c2c3ccccc3n(C)c2c1N. The van der Waals surface area contributed by atoms with Gasteiger partial charge in [-0.2, -0.15) is 0 Å². The molecule has 3 aromatic rings. The van der Waals surface area contributed by atoms with Gasteiger partial charge in [0.1, 0.15) is 5.75 Å². The zero-order valence-corrected chi connectivity index (χ0v) is 9.86. The van der Waals surface area contributed by atoms with Gasteiger partial charge in [-0.25, -0.2) is 0 Å². The molecule has 0 amide bonds. The second kappa shape index (κ2) is 3.17. The lowest BCUT2D eigenvalue weighted by atomic mass is 10.1. The van der Waals surface area contributed by atoms with Crippen molar-refractivity contribution >= 4 is 27.5 Å². The molecule has 3 rings (SSSR count). The van der Waals surface area contributed by atoms with Crippen molar-refractivity contribution in [1.82, 2.24) is 4.57 Å². The maximum absolute atomic E-state index is 10.1. The van der Waals surface area contributed by atoms with Crippen LogP contribution in [0.2, 0.25) is 0 Å². The average Bonchev–Trinajstić information content (AvgIpc) is 2.61. The number of nitrogens with two attached hydrogens (primary N) is 1. The van der Waals surface area contributed by atoms with Gasteiger partial charge in [0.05, 0.1) is 16.6 Å². The molecule has 3 nitrogen and oxygen atoms in total. The van der Waals surface area contributed by atoms with Gasteiger partial charge in [0, 0.05) is 18.0 Å². The normalized spacial score (nSPS) is 11.4. The molecule has 0 aliphatic carbocycles. The van der Waals surface area contributed by atoms with Crippen LogP contribution < -0.4 is 5.73 Å². The number of phenols is 1. The molecule has 0 aliphatic rings. The number of nitrogens with zero attached hydrogens (tertiary/aromatic N) is 1. The lowest BCUT2D eigenvalue weighted by Gasteiger charge is -2.06. The van der Waals surface area contributed by atoms with E-state index in [1.165, 1.54) is 0 Å². The molecule has 17 heavy (non-hydrogen) atoms. The number of para-hydroxylation sites is 1. The second-order valence-corrected chi connectivity index (χ2v) is 4.43. The lowest BCUT2D eigenvalue weighted by Crippen LogP contribution is -1.95. The molecule has 1 heterocycles. The predicted octanol–water partition coefficient (Wildman–Crippen LogP) is 2.93. The molecule has 86 valence electrons. The van der Waals surface area contributed by atoms with E-state index < -0.39 is 0 Å². The summed E-state index contributed by atoms with van der Waals surface area (Å²) in [6.07, 6.45) is 0. The van der Waals surface area contributed by atoms with Crippen molar-refractivity contribution in [2.24, 2.45) is 7.05 Å². The van der Waals surface area contributed by atoms with Gasteiger partial charge in [-0.1, -0.05) is 18.2 Å². The monoisotopic (exact) mass is 226 g/mol. The molecule has 0 radical (unpaired) electrons. The summed E-state index contributed by atoms with van der Waals surface area (Å²) in [5, 5.41) is 12.0. The Bertz CT molecular complexity index is 741. The van der Waals surface area contributed by atoms with Crippen LogP contribution in [0.5, 0.6) is 5.75 Å². The highest BCUT2D eigenvalue weighted by Crippen LogP contribution is 2.39. The molecule has 1 aromatic heterocycles. The van der Waals surface area contributed by atoms with E-state index in [2.05, 4.69) is 0 Å². The molecule has 0 spiro atoms. The largest absolute Gasteiger partial charge is 0.507 e. The summed E-state index contributed by atoms with van der Waals surface area (Å²) < 4.78 is 2.03. The number of aryl methyl sites for hydroxylation is 2. The maximum Gasteiger partial charge on any atom is 0.126 e. The van der Waals surface area contributed by atoms with Gasteiger partial charge < -0.3 is 15.4 Å². The summed E-state index contributed by atoms with van der Waals surface area (Å²) in [5.41, 5.74) is 9.74. The molecule has 0 saturated carbocycles. The Morgan fingerprint density at radius 3 is 2.71 bits per heavy atom. The minimum atomic E-state index is 0.295. The van der Waals surface area contributed by atoms with E-state index in [4.69, 9.17) is 5.73 Å². The number of aromatic nitrogens is 1. The van der Waals surface area contributed by atoms with E-state index in [0.717, 1.165) is 33.1 Å². The van der Waals surface area contributed by atoms with Crippen molar-refractivity contribution < 1.29 is 5.11 Å². The van der Waals surface area contributed by atoms with E-state index >= 15 is 0 Å². The Morgan fingerprint density at radius 2 is 1.94 bits per heavy atom. The highest BCUT2D eigenvalue weighted by Gasteiger charge is 2.15. The van der Waals surface area contributed by atoms with Crippen LogP contribution >= 0.6 is 0 Å². The zero-order valence-electron chi connectivity index (χ0n) is 9.86. The number of hydrogen-bond acceptors (Lipinski definition) is 2. The Balaban J connectivity index is 2.71. The fourth-order valence-electron chi connectivity index (χ4n) is 2.51. The fraction of sp³-hybridized carbons (Fsp3) is 0.143. The number of phenolic OH excluding ortho intramolecular Hbond substituents is 1. The number of fused-ring (bicyclic) bond motifs is 3. The van der Waals surface area contributed by atoms with E-state index in [1.807, 2.05) is 42.8 Å². The third kappa shape index (κ3) is 1.16. The third-order valence-corrected chi connectivity index (χ3v) is 3.40. The second-order valence-electron chi connectivity index (χ2n) is 4.43. The Hall–Kier alpha value is -2.16. The van der Waals surface area contributed by atoms with Gasteiger partial charge in [-0.05, 0) is 24.6 Å². The van der Waals surface area contributed by atoms with Crippen LogP contribution in [0, 0.1) is 6.92 Å². The quantitative estimate of drug-likeness (QED) is 0.457. The Kier molecular flexibility index (Phi) is 1.87. The van der Waals surface area contributed by atoms with E-state index in [9.17, 15) is 5.11 Å². The van der Waals surface area contributed by atoms with E-state index in [1.54, 1.807) is 6.07 Å². The van der Waals surface area contributed by atoms with Crippen molar-refractivity contribution in [2.45, 2.75) is 6.92 Å². The minimum Gasteiger partial charge on any atom is -0.507 e. The van der Waals surface area contributed by atoms with Crippen LogP contribution in [0.15, 0.2) is 30.3 Å². The number of aromatic hydroxyl groups is 1. The lowest BCUT2D eigenvalue weighted by molar-refractivity contribution is 0.481. The number of anilines is 1. The van der Waals surface area contributed by atoms with Crippen molar-refractivity contribution in [2.75, 3.05) is 5.73 Å². The molecular formula is C14H14N2O. The molecule has 0 bridgehead atoms. The Morgan fingerprint density at radius 1 is 1.24 bits per heavy atom. The first-order valence-corrected chi connectivity index (χ1v) is 5.56. The molecule has 0 fully saturated rings. The first-order valence-electron chi connectivity index (χ1n) is 5.56. The first kappa shape index (κ1) is 10.0. The predicted molar refractivity (Wildman–Crippen MR) is 71.2 cm³/mol. The molecule has 0 unspecified atom stereocenters. The van der Waals surface area contributed by atoms with Crippen LogP contribution in [0.3, 0.4) is 0 Å². The highest BCUT2D eigenvalue weighted by molar-refractivity contribution is 6.14. The van der Waals surface area contributed by atoms with Crippen LogP contribution in [-0.2, 0) is 7.05 Å². The smallest absolute Gasteiger partial charge is 0.126 e. The van der Waals surface area contributed by atoms with Gasteiger partial charge in [0.15, 0.2) is 0 Å². The molecule has 3 N–H and O–H groups in total. The number of rotatable bonds is 0. The first-order chi connectivity index (χ1) is 8.11. The van der Waals surface area contributed by atoms with E-state index in [0.29, 0.717) is 5.75 Å². The summed E-state index contributed by atoms with van der Waals surface area (Å²) in [4.78, 5) is 0. The number of benzene rings is 2. The summed E-state index contributed by atoms with van der Waals surface area (Å²) in [5.74, 6) is 0.295. The molecule has 2 aromatic carbocycles. The van der Waals surface area contributed by atoms with Gasteiger partial charge >= 0.3 is 0 Å². The third-order valence-electron chi connectivity index (χ3n) is 3.40. The van der Waals surface area contributed by atoms with Gasteiger partial charge in [0.2, 0.25) is 0 Å². The molecule has 3 heteroatoms. The van der Waals surface area contributed by atoms with Crippen LogP contribution in [0.1, 0.15) is 5.56 Å². The van der Waals surface area contributed by atoms with E-state index in [-0.39, 0.29) is 0 Å². The molecule has 0 aliphatic heterocycles. The van der Waals surface area contributed by atoms with Gasteiger partial charge in [-0.15, -0.1) is 0 Å². The number of hydrogen-bond donors (Lipinski definition) is 2. The molecular weight excluding hydrogens is 212 g/mol. The van der Waals surface area contributed by atoms with Crippen LogP contribution in [0.25, 0.3) is 21.8 Å². The molecule has 0 saturated heterocycles. The van der Waals surface area contributed by atoms with Gasteiger partial charge in [0.25, 0.3) is 0 Å². The van der Waals surface area contributed by atoms with Crippen LogP contribution in [0.4, 0.5) is 5.69 Å². The van der Waals surface area contributed by atoms with Crippen LogP contribution in [-0.4, -0.2) is 9.67 Å². The summed E-state index contributed by atoms with van der Waals surface area (Å²) in [6, 6.07) is 9.72. The van der Waals surface area contributed by atoms with Crippen molar-refractivity contribution in [3.05, 3.63) is 35.9 Å². The standard InChI is InChI=1S/C14H14N2O/c1-8-7-11(17)12-9-5-3-4-6-10(9)16(2)14(12)13(8)15/h3-7,17H,15H2,1-2H3. The topological polar surface area (TPSA) is 51.2 Å². The Labute approximate surface area is 99.1 Å². The molecule has 0 atom stereocenters. The summed E-state index contributed by atoms with van der Waals surface area (Å²) >= 11 is 0. The number of nitrogen functional groups attached to an aromatic ring is 1.